The van der Waals surface area contributed by atoms with E-state index in [4.69, 9.17) is 14.2 Å². The lowest BCUT2D eigenvalue weighted by Gasteiger charge is -2.12. The van der Waals surface area contributed by atoms with Gasteiger partial charge >= 0.3 is 5.97 Å². The van der Waals surface area contributed by atoms with Gasteiger partial charge in [-0.2, -0.15) is 0 Å². The Morgan fingerprint density at radius 3 is 2.27 bits per heavy atom. The van der Waals surface area contributed by atoms with Gasteiger partial charge in [0.25, 0.3) is 11.8 Å². The minimum absolute atomic E-state index is 0.313. The molecule has 2 rings (SSSR count). The lowest BCUT2D eigenvalue weighted by atomic mass is 10.1. The largest absolute Gasteiger partial charge is 0.492 e. The average molecular weight is 521 g/mol. The maximum absolute atomic E-state index is 12.3. The van der Waals surface area contributed by atoms with Gasteiger partial charge in [0.15, 0.2) is 6.61 Å². The lowest BCUT2D eigenvalue weighted by Crippen LogP contribution is -2.43. The van der Waals surface area contributed by atoms with E-state index in [-0.39, 0.29) is 6.61 Å². The van der Waals surface area contributed by atoms with Crippen molar-refractivity contribution in [3.05, 3.63) is 58.1 Å². The Morgan fingerprint density at radius 1 is 0.939 bits per heavy atom. The summed E-state index contributed by atoms with van der Waals surface area (Å²) in [6.07, 6.45) is 1.67. The van der Waals surface area contributed by atoms with Crippen molar-refractivity contribution in [2.75, 3.05) is 19.8 Å². The van der Waals surface area contributed by atoms with E-state index in [1.54, 1.807) is 42.5 Å². The van der Waals surface area contributed by atoms with E-state index in [1.165, 1.54) is 0 Å². The van der Waals surface area contributed by atoms with Gasteiger partial charge in [0.2, 0.25) is 0 Å². The fourth-order valence-corrected chi connectivity index (χ4v) is 3.01. The molecule has 8 nitrogen and oxygen atoms in total. The van der Waals surface area contributed by atoms with Crippen molar-refractivity contribution in [3.8, 4) is 11.5 Å². The molecule has 33 heavy (non-hydrogen) atoms. The van der Waals surface area contributed by atoms with Gasteiger partial charge in [-0.15, -0.1) is 0 Å². The van der Waals surface area contributed by atoms with Crippen molar-refractivity contribution >= 4 is 33.7 Å². The number of hydrogen-bond acceptors (Lipinski definition) is 6. The number of carbonyl (C=O) groups excluding carboxylic acids is 3. The fraction of sp³-hybridized carbons (Fsp3) is 0.375. The maximum atomic E-state index is 12.3. The Kier molecular flexibility index (Phi) is 10.7. The van der Waals surface area contributed by atoms with Crippen LogP contribution in [0.3, 0.4) is 0 Å². The van der Waals surface area contributed by atoms with Crippen LogP contribution in [0.2, 0.25) is 0 Å². The van der Waals surface area contributed by atoms with Crippen LogP contribution >= 0.6 is 15.9 Å². The zero-order chi connectivity index (χ0) is 24.2. The molecule has 0 saturated heterocycles. The summed E-state index contributed by atoms with van der Waals surface area (Å²) < 4.78 is 16.8. The summed E-state index contributed by atoms with van der Waals surface area (Å²) in [4.78, 5) is 36.1. The van der Waals surface area contributed by atoms with E-state index in [0.29, 0.717) is 46.2 Å². The number of benzene rings is 2. The number of halogens is 1. The standard InChI is InChI=1S/C24H29BrN2O6/c1-4-12-32-24(30)17-5-8-19(9-6-17)33-15-22(28)26-27-23(29)18-7-10-21(20(25)14-18)31-13-11-16(2)3/h5-10,14,16H,4,11-13,15H2,1-3H3,(H,26,28)(H,27,29). The average Bonchev–Trinajstić information content (AvgIpc) is 2.80. The van der Waals surface area contributed by atoms with Crippen molar-refractivity contribution in [3.63, 3.8) is 0 Å². The van der Waals surface area contributed by atoms with Gasteiger partial charge in [-0.05, 0) is 77.2 Å². The van der Waals surface area contributed by atoms with Crippen LogP contribution in [-0.2, 0) is 9.53 Å². The SMILES string of the molecule is CCCOC(=O)c1ccc(OCC(=O)NNC(=O)c2ccc(OCCC(C)C)c(Br)c2)cc1. The van der Waals surface area contributed by atoms with Crippen LogP contribution in [0, 0.1) is 5.92 Å². The predicted molar refractivity (Wildman–Crippen MR) is 127 cm³/mol. The molecule has 2 aromatic rings. The van der Waals surface area contributed by atoms with E-state index < -0.39 is 17.8 Å². The second-order valence-corrected chi connectivity index (χ2v) is 8.48. The molecule has 0 aliphatic rings. The molecule has 0 fully saturated rings. The molecular weight excluding hydrogens is 492 g/mol. The molecule has 0 atom stereocenters. The first-order valence-corrected chi connectivity index (χ1v) is 11.5. The summed E-state index contributed by atoms with van der Waals surface area (Å²) in [5, 5.41) is 0. The monoisotopic (exact) mass is 520 g/mol. The van der Waals surface area contributed by atoms with Crippen molar-refractivity contribution in [1.82, 2.24) is 10.9 Å². The van der Waals surface area contributed by atoms with Gasteiger partial charge in [0, 0.05) is 5.56 Å². The highest BCUT2D eigenvalue weighted by atomic mass is 79.9. The minimum Gasteiger partial charge on any atom is -0.492 e. The van der Waals surface area contributed by atoms with Gasteiger partial charge in [0.1, 0.15) is 11.5 Å². The number of rotatable bonds is 11. The Bertz CT molecular complexity index is 946. The fourth-order valence-electron chi connectivity index (χ4n) is 2.51. The summed E-state index contributed by atoms with van der Waals surface area (Å²) in [5.74, 6) is 0.158. The van der Waals surface area contributed by atoms with Gasteiger partial charge in [-0.3, -0.25) is 20.4 Å². The molecule has 0 unspecified atom stereocenters. The van der Waals surface area contributed by atoms with Crippen LogP contribution in [0.5, 0.6) is 11.5 Å². The normalized spacial score (nSPS) is 10.5. The number of carbonyl (C=O) groups is 3. The van der Waals surface area contributed by atoms with Crippen LogP contribution < -0.4 is 20.3 Å². The van der Waals surface area contributed by atoms with E-state index >= 15 is 0 Å². The Morgan fingerprint density at radius 2 is 1.64 bits per heavy atom. The quantitative estimate of drug-likeness (QED) is 0.338. The number of hydrazine groups is 1. The second-order valence-electron chi connectivity index (χ2n) is 7.63. The molecule has 2 amide bonds. The van der Waals surface area contributed by atoms with Crippen molar-refractivity contribution in [2.24, 2.45) is 5.92 Å². The van der Waals surface area contributed by atoms with E-state index in [9.17, 15) is 14.4 Å². The Balaban J connectivity index is 1.77. The maximum Gasteiger partial charge on any atom is 0.338 e. The van der Waals surface area contributed by atoms with E-state index in [2.05, 4.69) is 40.6 Å². The smallest absolute Gasteiger partial charge is 0.338 e. The third-order valence-corrected chi connectivity index (χ3v) is 4.98. The molecule has 0 aromatic heterocycles. The Labute approximate surface area is 202 Å². The molecule has 0 aliphatic carbocycles. The van der Waals surface area contributed by atoms with Crippen LogP contribution in [0.25, 0.3) is 0 Å². The van der Waals surface area contributed by atoms with Gasteiger partial charge < -0.3 is 14.2 Å². The predicted octanol–water partition coefficient (Wildman–Crippen LogP) is 4.28. The zero-order valence-corrected chi connectivity index (χ0v) is 20.6. The molecule has 2 N–H and O–H groups in total. The Hall–Kier alpha value is -3.07. The summed E-state index contributed by atoms with van der Waals surface area (Å²) in [6.45, 7) is 6.78. The van der Waals surface area contributed by atoms with Crippen molar-refractivity contribution in [1.29, 1.82) is 0 Å². The van der Waals surface area contributed by atoms with Gasteiger partial charge in [0.05, 0.1) is 23.2 Å². The van der Waals surface area contributed by atoms with Gasteiger partial charge in [-0.1, -0.05) is 20.8 Å². The summed E-state index contributed by atoms with van der Waals surface area (Å²) in [7, 11) is 0. The van der Waals surface area contributed by atoms with Crippen LogP contribution in [-0.4, -0.2) is 37.6 Å². The van der Waals surface area contributed by atoms with Crippen LogP contribution in [0.4, 0.5) is 0 Å². The summed E-state index contributed by atoms with van der Waals surface area (Å²) >= 11 is 3.40. The summed E-state index contributed by atoms with van der Waals surface area (Å²) in [6, 6.07) is 11.2. The molecule has 2 aromatic carbocycles. The third kappa shape index (κ3) is 9.13. The number of hydrogen-bond donors (Lipinski definition) is 2. The van der Waals surface area contributed by atoms with Crippen LogP contribution in [0.15, 0.2) is 46.9 Å². The van der Waals surface area contributed by atoms with Crippen molar-refractivity contribution < 1.29 is 28.6 Å². The molecular formula is C24H29BrN2O6. The highest BCUT2D eigenvalue weighted by Gasteiger charge is 2.12. The molecule has 0 spiro atoms. The summed E-state index contributed by atoms with van der Waals surface area (Å²) in [5.41, 5.74) is 5.39. The molecule has 0 bridgehead atoms. The topological polar surface area (TPSA) is 103 Å². The number of ether oxygens (including phenoxy) is 3. The van der Waals surface area contributed by atoms with Crippen molar-refractivity contribution in [2.45, 2.75) is 33.6 Å². The molecule has 9 heteroatoms. The molecule has 178 valence electrons. The third-order valence-electron chi connectivity index (χ3n) is 4.36. The molecule has 0 radical (unpaired) electrons. The first kappa shape index (κ1) is 26.2. The van der Waals surface area contributed by atoms with E-state index in [1.807, 2.05) is 6.92 Å². The zero-order valence-electron chi connectivity index (χ0n) is 19.0. The van der Waals surface area contributed by atoms with Crippen LogP contribution in [0.1, 0.15) is 54.3 Å². The second kappa shape index (κ2) is 13.5. The van der Waals surface area contributed by atoms with E-state index in [0.717, 1.165) is 12.8 Å². The molecule has 0 saturated carbocycles. The lowest BCUT2D eigenvalue weighted by molar-refractivity contribution is -0.123. The minimum atomic E-state index is -0.539. The molecule has 0 aliphatic heterocycles. The first-order chi connectivity index (χ1) is 15.8. The first-order valence-electron chi connectivity index (χ1n) is 10.7. The van der Waals surface area contributed by atoms with Gasteiger partial charge in [-0.25, -0.2) is 4.79 Å². The number of nitrogens with one attached hydrogen (secondary N) is 2. The number of amides is 2. The number of esters is 1. The highest BCUT2D eigenvalue weighted by molar-refractivity contribution is 9.10. The molecule has 0 heterocycles. The highest BCUT2D eigenvalue weighted by Crippen LogP contribution is 2.26.